The van der Waals surface area contributed by atoms with Gasteiger partial charge in [-0.3, -0.25) is 9.69 Å². The van der Waals surface area contributed by atoms with E-state index < -0.39 is 5.82 Å². The van der Waals surface area contributed by atoms with Crippen molar-refractivity contribution in [2.24, 2.45) is 0 Å². The van der Waals surface area contributed by atoms with E-state index in [0.29, 0.717) is 18.3 Å². The van der Waals surface area contributed by atoms with E-state index in [-0.39, 0.29) is 10.9 Å². The number of benzene rings is 1. The molecule has 1 aromatic carbocycles. The van der Waals surface area contributed by atoms with E-state index in [1.165, 1.54) is 18.2 Å². The van der Waals surface area contributed by atoms with Crippen LogP contribution < -0.4 is 10.6 Å². The van der Waals surface area contributed by atoms with Crippen LogP contribution in [0.25, 0.3) is 0 Å². The van der Waals surface area contributed by atoms with Gasteiger partial charge in [0, 0.05) is 25.7 Å². The van der Waals surface area contributed by atoms with Crippen molar-refractivity contribution in [2.75, 3.05) is 31.5 Å². The molecule has 1 unspecified atom stereocenters. The van der Waals surface area contributed by atoms with Crippen LogP contribution in [0.3, 0.4) is 0 Å². The summed E-state index contributed by atoms with van der Waals surface area (Å²) in [6.45, 7) is 4.96. The molecule has 2 N–H and O–H groups in total. The van der Waals surface area contributed by atoms with E-state index in [4.69, 9.17) is 11.6 Å². The van der Waals surface area contributed by atoms with Gasteiger partial charge in [0.2, 0.25) is 5.91 Å². The van der Waals surface area contributed by atoms with Crippen LogP contribution in [0.5, 0.6) is 0 Å². The predicted molar refractivity (Wildman–Crippen MR) is 73.9 cm³/mol. The molecule has 1 atom stereocenters. The number of nitrogens with zero attached hydrogens (tertiary/aromatic N) is 1. The lowest BCUT2D eigenvalue weighted by Crippen LogP contribution is -2.51. The van der Waals surface area contributed by atoms with Crippen molar-refractivity contribution in [2.45, 2.75) is 13.0 Å². The fourth-order valence-corrected chi connectivity index (χ4v) is 2.35. The summed E-state index contributed by atoms with van der Waals surface area (Å²) < 4.78 is 12.9. The zero-order valence-corrected chi connectivity index (χ0v) is 11.5. The third kappa shape index (κ3) is 4.16. The predicted octanol–water partition coefficient (Wildman–Crippen LogP) is 1.71. The second-order valence-corrected chi connectivity index (χ2v) is 5.17. The van der Waals surface area contributed by atoms with Crippen LogP contribution in [0.15, 0.2) is 18.2 Å². The molecule has 0 aromatic heterocycles. The number of carbonyl (C=O) groups excluding carboxylic acids is 1. The zero-order chi connectivity index (χ0) is 13.8. The van der Waals surface area contributed by atoms with Crippen LogP contribution in [0, 0.1) is 5.82 Å². The molecule has 0 bridgehead atoms. The summed E-state index contributed by atoms with van der Waals surface area (Å²) in [5, 5.41) is 6.22. The van der Waals surface area contributed by atoms with E-state index in [1.807, 2.05) is 0 Å². The first kappa shape index (κ1) is 14.2. The van der Waals surface area contributed by atoms with Gasteiger partial charge in [0.1, 0.15) is 5.82 Å². The maximum atomic E-state index is 12.9. The van der Waals surface area contributed by atoms with E-state index in [9.17, 15) is 9.18 Å². The molecule has 0 radical (unpaired) electrons. The smallest absolute Gasteiger partial charge is 0.238 e. The van der Waals surface area contributed by atoms with E-state index in [0.717, 1.165) is 19.6 Å². The number of hydrogen-bond donors (Lipinski definition) is 2. The Morgan fingerprint density at radius 1 is 1.63 bits per heavy atom. The van der Waals surface area contributed by atoms with Gasteiger partial charge in [0.05, 0.1) is 17.3 Å². The minimum atomic E-state index is -0.418. The first-order valence-electron chi connectivity index (χ1n) is 6.25. The van der Waals surface area contributed by atoms with Crippen LogP contribution in [-0.4, -0.2) is 43.0 Å². The summed E-state index contributed by atoms with van der Waals surface area (Å²) >= 11 is 5.86. The standard InChI is InChI=1S/C13H17ClFN3O/c1-9-7-18(5-4-16-9)8-13(19)17-12-3-2-10(15)6-11(12)14/h2-3,6,9,16H,4-5,7-8H2,1H3,(H,17,19). The van der Waals surface area contributed by atoms with Crippen LogP contribution >= 0.6 is 11.6 Å². The fourth-order valence-electron chi connectivity index (χ4n) is 2.14. The SMILES string of the molecule is CC1CN(CC(=O)Nc2ccc(F)cc2Cl)CCN1. The largest absolute Gasteiger partial charge is 0.324 e. The second-order valence-electron chi connectivity index (χ2n) is 4.76. The van der Waals surface area contributed by atoms with Crippen molar-refractivity contribution in [1.29, 1.82) is 0 Å². The Kier molecular flexibility index (Phi) is 4.74. The molecular weight excluding hydrogens is 269 g/mol. The van der Waals surface area contributed by atoms with Gasteiger partial charge in [0.15, 0.2) is 0 Å². The Labute approximate surface area is 116 Å². The highest BCUT2D eigenvalue weighted by atomic mass is 35.5. The first-order valence-corrected chi connectivity index (χ1v) is 6.63. The van der Waals surface area contributed by atoms with E-state index in [1.54, 1.807) is 0 Å². The quantitative estimate of drug-likeness (QED) is 0.889. The number of piperazine rings is 1. The van der Waals surface area contributed by atoms with Gasteiger partial charge in [0.25, 0.3) is 0 Å². The second kappa shape index (κ2) is 6.32. The molecule has 0 spiro atoms. The lowest BCUT2D eigenvalue weighted by Gasteiger charge is -2.31. The monoisotopic (exact) mass is 285 g/mol. The maximum absolute atomic E-state index is 12.9. The van der Waals surface area contributed by atoms with Gasteiger partial charge in [-0.15, -0.1) is 0 Å². The van der Waals surface area contributed by atoms with Crippen molar-refractivity contribution in [3.8, 4) is 0 Å². The third-order valence-corrected chi connectivity index (χ3v) is 3.34. The highest BCUT2D eigenvalue weighted by molar-refractivity contribution is 6.33. The minimum Gasteiger partial charge on any atom is -0.324 e. The number of halogens is 2. The molecule has 6 heteroatoms. The normalized spacial score (nSPS) is 20.3. The molecule has 1 aliphatic heterocycles. The van der Waals surface area contributed by atoms with Crippen LogP contribution in [0.2, 0.25) is 5.02 Å². The molecule has 1 saturated heterocycles. The third-order valence-electron chi connectivity index (χ3n) is 3.03. The van der Waals surface area contributed by atoms with E-state index in [2.05, 4.69) is 22.5 Å². The molecule has 1 aliphatic rings. The maximum Gasteiger partial charge on any atom is 0.238 e. The molecule has 1 heterocycles. The van der Waals surface area contributed by atoms with Gasteiger partial charge >= 0.3 is 0 Å². The van der Waals surface area contributed by atoms with Crippen molar-refractivity contribution in [3.05, 3.63) is 29.0 Å². The van der Waals surface area contributed by atoms with Gasteiger partial charge in [-0.25, -0.2) is 4.39 Å². The molecule has 0 saturated carbocycles. The van der Waals surface area contributed by atoms with Crippen molar-refractivity contribution >= 4 is 23.2 Å². The molecule has 1 amide bonds. The molecule has 0 aliphatic carbocycles. The van der Waals surface area contributed by atoms with Crippen molar-refractivity contribution in [3.63, 3.8) is 0 Å². The van der Waals surface area contributed by atoms with Gasteiger partial charge in [-0.2, -0.15) is 0 Å². The Morgan fingerprint density at radius 2 is 2.42 bits per heavy atom. The number of nitrogens with one attached hydrogen (secondary N) is 2. The first-order chi connectivity index (χ1) is 9.04. The lowest BCUT2D eigenvalue weighted by molar-refractivity contribution is -0.117. The summed E-state index contributed by atoms with van der Waals surface area (Å²) in [4.78, 5) is 14.0. The number of anilines is 1. The summed E-state index contributed by atoms with van der Waals surface area (Å²) in [5.41, 5.74) is 0.441. The Hall–Kier alpha value is -1.17. The summed E-state index contributed by atoms with van der Waals surface area (Å²) in [6.07, 6.45) is 0. The average Bonchev–Trinajstić information content (AvgIpc) is 2.33. The Balaban J connectivity index is 1.90. The summed E-state index contributed by atoms with van der Waals surface area (Å²) in [6, 6.07) is 4.31. The molecule has 4 nitrogen and oxygen atoms in total. The number of amides is 1. The van der Waals surface area contributed by atoms with E-state index >= 15 is 0 Å². The lowest BCUT2D eigenvalue weighted by atomic mass is 10.2. The number of carbonyl (C=O) groups is 1. The summed E-state index contributed by atoms with van der Waals surface area (Å²) in [5.74, 6) is -0.554. The molecule has 19 heavy (non-hydrogen) atoms. The molecule has 104 valence electrons. The van der Waals surface area contributed by atoms with Gasteiger partial charge in [-0.05, 0) is 25.1 Å². The van der Waals surface area contributed by atoms with Crippen molar-refractivity contribution in [1.82, 2.24) is 10.2 Å². The van der Waals surface area contributed by atoms with Gasteiger partial charge in [-0.1, -0.05) is 11.6 Å². The minimum absolute atomic E-state index is 0.136. The molecule has 1 fully saturated rings. The Morgan fingerprint density at radius 3 is 3.11 bits per heavy atom. The van der Waals surface area contributed by atoms with Crippen molar-refractivity contribution < 1.29 is 9.18 Å². The van der Waals surface area contributed by atoms with Gasteiger partial charge < -0.3 is 10.6 Å². The average molecular weight is 286 g/mol. The highest BCUT2D eigenvalue weighted by Crippen LogP contribution is 2.22. The van der Waals surface area contributed by atoms with Crippen LogP contribution in [0.1, 0.15) is 6.92 Å². The molecule has 2 rings (SSSR count). The highest BCUT2D eigenvalue weighted by Gasteiger charge is 2.18. The van der Waals surface area contributed by atoms with Crippen LogP contribution in [0.4, 0.5) is 10.1 Å². The molecule has 1 aromatic rings. The van der Waals surface area contributed by atoms with Crippen LogP contribution in [-0.2, 0) is 4.79 Å². The molecular formula is C13H17ClFN3O. The number of hydrogen-bond acceptors (Lipinski definition) is 3. The fraction of sp³-hybridized carbons (Fsp3) is 0.462. The number of rotatable bonds is 3. The summed E-state index contributed by atoms with van der Waals surface area (Å²) in [7, 11) is 0. The zero-order valence-electron chi connectivity index (χ0n) is 10.7. The Bertz CT molecular complexity index is 469. The topological polar surface area (TPSA) is 44.4 Å².